The zero-order valence-corrected chi connectivity index (χ0v) is 71.3. The van der Waals surface area contributed by atoms with E-state index in [1.807, 2.05) is 317 Å². The molecule has 20 atom stereocenters. The van der Waals surface area contributed by atoms with E-state index < -0.39 is 131 Å². The van der Waals surface area contributed by atoms with E-state index in [4.69, 9.17) is 80.5 Å². The van der Waals surface area contributed by atoms with Gasteiger partial charge in [0.1, 0.15) is 85.6 Å². The molecule has 4 aliphatic rings. The average molecular weight is 1780 g/mol. The predicted octanol–water partition coefficient (Wildman–Crippen LogP) is 17.0. The molecule has 4 saturated heterocycles. The average Bonchev–Trinajstić information content (AvgIpc) is 0.752. The third kappa shape index (κ3) is 24.7. The molecule has 20 nitrogen and oxygen atoms in total. The Labute approximate surface area is 729 Å². The number of sulfonamides is 1. The molecule has 4 heterocycles. The molecule has 22 heteroatoms. The molecule has 122 heavy (non-hydrogen) atoms. The highest BCUT2D eigenvalue weighted by atomic mass is 127. The molecule has 0 aromatic heterocycles. The van der Waals surface area contributed by atoms with Crippen molar-refractivity contribution >= 4 is 32.6 Å². The van der Waals surface area contributed by atoms with Gasteiger partial charge >= 0.3 is 0 Å². The van der Waals surface area contributed by atoms with Gasteiger partial charge < -0.3 is 80.5 Å². The zero-order valence-electron chi connectivity index (χ0n) is 68.3. The summed E-state index contributed by atoms with van der Waals surface area (Å²) in [6.07, 6.45) is -20.8. The van der Waals surface area contributed by atoms with Crippen molar-refractivity contribution in [1.82, 2.24) is 4.72 Å². The minimum atomic E-state index is -4.37. The SMILES string of the molecule is C[C@@H]1O[C@@H](O[C@@H]2[C@H](I)[C@@H](NS(=O)(=O)c3ccccc3)O[C@H](COCc3ccccc3)[C@H]2O[C@@H]2O[C@H](COCc3ccccc3)[C@H](OCc3ccccc3)[C@H](OCc3ccccc3)[C@H]2O[C@@H]2O[C@@H](C)[C@@H](OCc3ccccc3)[C@@H](OCc3ccccc3)[C@@H]2OCc2ccccc2)[C@@H](OCc2ccccc2)[C@H](OCc2ccccc2)[C@@H]1OCc1ccccc1. The second kappa shape index (κ2) is 45.3. The van der Waals surface area contributed by atoms with Crippen LogP contribution in [0.25, 0.3) is 0 Å². The van der Waals surface area contributed by atoms with E-state index >= 15 is 8.42 Å². The fourth-order valence-electron chi connectivity index (χ4n) is 15.6. The fraction of sp³-hybridized carbons (Fsp3) is 0.340. The van der Waals surface area contributed by atoms with E-state index in [0.29, 0.717) is 0 Å². The van der Waals surface area contributed by atoms with E-state index in [1.165, 1.54) is 12.1 Å². The number of benzene rings is 11. The van der Waals surface area contributed by atoms with Crippen LogP contribution in [0.3, 0.4) is 0 Å². The van der Waals surface area contributed by atoms with Gasteiger partial charge in [-0.15, -0.1) is 0 Å². The van der Waals surface area contributed by atoms with Crippen molar-refractivity contribution in [3.63, 3.8) is 0 Å². The molecule has 4 fully saturated rings. The van der Waals surface area contributed by atoms with Crippen LogP contribution in [0.4, 0.5) is 0 Å². The van der Waals surface area contributed by atoms with E-state index in [2.05, 4.69) is 27.3 Å². The number of halogens is 1. The lowest BCUT2D eigenvalue weighted by Gasteiger charge is -2.52. The first-order valence-electron chi connectivity index (χ1n) is 41.8. The molecule has 0 saturated carbocycles. The third-order valence-electron chi connectivity index (χ3n) is 21.9. The molecular weight excluding hydrogens is 1680 g/mol. The highest BCUT2D eigenvalue weighted by Crippen LogP contribution is 2.42. The Morgan fingerprint density at radius 3 is 0.820 bits per heavy atom. The smallest absolute Gasteiger partial charge is 0.242 e. The van der Waals surface area contributed by atoms with Gasteiger partial charge in [-0.2, -0.15) is 4.72 Å². The molecule has 0 aliphatic carbocycles. The van der Waals surface area contributed by atoms with Crippen LogP contribution in [-0.2, 0) is 157 Å². The summed E-state index contributed by atoms with van der Waals surface area (Å²) < 4.78 is 158. The molecule has 0 amide bonds. The van der Waals surface area contributed by atoms with Gasteiger partial charge in [0.25, 0.3) is 0 Å². The van der Waals surface area contributed by atoms with Crippen LogP contribution in [0.15, 0.2) is 339 Å². The van der Waals surface area contributed by atoms with Crippen molar-refractivity contribution in [2.45, 2.75) is 205 Å². The van der Waals surface area contributed by atoms with Crippen LogP contribution in [0.1, 0.15) is 69.5 Å². The van der Waals surface area contributed by atoms with Gasteiger partial charge in [0.05, 0.1) is 100 Å². The van der Waals surface area contributed by atoms with Gasteiger partial charge in [0.2, 0.25) is 10.0 Å². The lowest BCUT2D eigenvalue weighted by atomic mass is 9.95. The summed E-state index contributed by atoms with van der Waals surface area (Å²) in [5.74, 6) is 0. The molecule has 638 valence electrons. The maximum Gasteiger partial charge on any atom is 0.242 e. The molecular formula is C100H106INO19S. The number of rotatable bonds is 41. The van der Waals surface area contributed by atoms with Gasteiger partial charge in [-0.25, -0.2) is 8.42 Å². The van der Waals surface area contributed by atoms with Crippen LogP contribution >= 0.6 is 22.6 Å². The Morgan fingerprint density at radius 1 is 0.262 bits per heavy atom. The van der Waals surface area contributed by atoms with Crippen molar-refractivity contribution in [2.75, 3.05) is 13.2 Å². The number of hydrogen-bond acceptors (Lipinski definition) is 19. The van der Waals surface area contributed by atoms with E-state index in [0.717, 1.165) is 55.6 Å². The molecule has 1 N–H and O–H groups in total. The minimum absolute atomic E-state index is 0.00692. The van der Waals surface area contributed by atoms with Crippen LogP contribution in [0.5, 0.6) is 0 Å². The first-order chi connectivity index (χ1) is 60.0. The second-order valence-electron chi connectivity index (χ2n) is 30.8. The Kier molecular flexibility index (Phi) is 32.8. The van der Waals surface area contributed by atoms with Crippen LogP contribution in [0.2, 0.25) is 0 Å². The summed E-state index contributed by atoms with van der Waals surface area (Å²) in [6.45, 7) is 5.04. The largest absolute Gasteiger partial charge is 0.374 e. The van der Waals surface area contributed by atoms with E-state index in [-0.39, 0.29) is 84.2 Å². The highest BCUT2D eigenvalue weighted by molar-refractivity contribution is 14.1. The monoisotopic (exact) mass is 1780 g/mol. The first kappa shape index (κ1) is 88.2. The lowest BCUT2D eigenvalue weighted by molar-refractivity contribution is -0.396. The number of ether oxygens (including phenoxy) is 17. The maximum absolute atomic E-state index is 15.2. The van der Waals surface area contributed by atoms with Crippen molar-refractivity contribution in [3.8, 4) is 0 Å². The topological polar surface area (TPSA) is 203 Å². The third-order valence-corrected chi connectivity index (χ3v) is 24.7. The summed E-state index contributed by atoms with van der Waals surface area (Å²) in [5, 5.41) is 0. The van der Waals surface area contributed by atoms with Crippen molar-refractivity contribution in [1.29, 1.82) is 0 Å². The van der Waals surface area contributed by atoms with Gasteiger partial charge in [-0.3, -0.25) is 0 Å². The number of nitrogens with one attached hydrogen (secondary N) is 1. The molecule has 11 aromatic rings. The van der Waals surface area contributed by atoms with Crippen molar-refractivity contribution in [3.05, 3.63) is 389 Å². The summed E-state index contributed by atoms with van der Waals surface area (Å²) in [6, 6.07) is 107. The molecule has 11 aromatic carbocycles. The normalized spacial score (nSPS) is 26.8. The maximum atomic E-state index is 15.2. The van der Waals surface area contributed by atoms with Crippen LogP contribution in [-0.4, -0.2) is 142 Å². The second-order valence-corrected chi connectivity index (χ2v) is 34.0. The summed E-state index contributed by atoms with van der Waals surface area (Å²) in [5.41, 5.74) is 8.96. The van der Waals surface area contributed by atoms with Gasteiger partial charge in [-0.05, 0) is 81.6 Å². The number of alkyl halides is 1. The van der Waals surface area contributed by atoms with Crippen LogP contribution in [0, 0.1) is 0 Å². The fourth-order valence-corrected chi connectivity index (χ4v) is 17.9. The van der Waals surface area contributed by atoms with Crippen molar-refractivity contribution < 1.29 is 88.9 Å². The minimum Gasteiger partial charge on any atom is -0.374 e. The standard InChI is InChI=1S/C100H106INO19S/c1-70-86(107-60-74-40-18-5-19-41-74)91(110-63-77-46-24-8-25-47-77)94(113-66-80-52-30-11-31-53-80)98(115-70)120-90-85(101)97(102-122(103,104)82-56-34-13-35-57-82)117-84(69-106-59-73-38-16-4-17-39-73)89(90)119-100-96(93(112-65-79-50-28-10-29-51-79)88(109-62-76-44-22-7-23-45-76)83(118-100)68-105-58-72-36-14-3-15-37-72)121-99-95(114-67-81-54-32-12-33-55-81)92(111-64-78-48-26-9-27-49-78)87(71(2)116-99)108-61-75-42-20-6-21-43-75/h3-57,70-71,83-100,102H,58-69H2,1-2H3/t70-,71-,83+,84+,85-,86+,87+,88-,89+,90+,91+,92+,93-,94-,95-,96+,97-,98-,99-,100-/m0/s1. The molecule has 0 unspecified atom stereocenters. The first-order valence-corrected chi connectivity index (χ1v) is 44.5. The zero-order chi connectivity index (χ0) is 83.5. The molecule has 0 radical (unpaired) electrons. The molecule has 0 bridgehead atoms. The summed E-state index contributed by atoms with van der Waals surface area (Å²) in [7, 11) is -4.37. The molecule has 15 rings (SSSR count). The van der Waals surface area contributed by atoms with E-state index in [9.17, 15) is 0 Å². The van der Waals surface area contributed by atoms with Gasteiger partial charge in [-0.1, -0.05) is 344 Å². The van der Waals surface area contributed by atoms with Gasteiger partial charge in [0.15, 0.2) is 18.9 Å². The highest BCUT2D eigenvalue weighted by Gasteiger charge is 2.59. The Bertz CT molecular complexity index is 4920. The Morgan fingerprint density at radius 2 is 0.500 bits per heavy atom. The summed E-state index contributed by atoms with van der Waals surface area (Å²) >= 11 is 2.22. The summed E-state index contributed by atoms with van der Waals surface area (Å²) in [4.78, 5) is 0.00692. The quantitative estimate of drug-likeness (QED) is 0.0280. The van der Waals surface area contributed by atoms with Gasteiger partial charge in [0, 0.05) is 0 Å². The predicted molar refractivity (Wildman–Crippen MR) is 468 cm³/mol. The molecule has 0 spiro atoms. The molecule has 4 aliphatic heterocycles. The van der Waals surface area contributed by atoms with Crippen molar-refractivity contribution in [2.24, 2.45) is 0 Å². The van der Waals surface area contributed by atoms with E-state index in [1.54, 1.807) is 18.2 Å². The van der Waals surface area contributed by atoms with Crippen LogP contribution < -0.4 is 4.72 Å². The Hall–Kier alpha value is -8.62. The Balaban J connectivity index is 0.889. The lowest BCUT2D eigenvalue weighted by Crippen LogP contribution is -2.69. The number of hydrogen-bond donors (Lipinski definition) is 1.